The summed E-state index contributed by atoms with van der Waals surface area (Å²) in [7, 11) is 0. The number of nitrogens with two attached hydrogens (primary N) is 1. The van der Waals surface area contributed by atoms with E-state index in [1.807, 2.05) is 0 Å². The molecular formula is C7H11NO4. The first kappa shape index (κ1) is 10.6. The van der Waals surface area contributed by atoms with Crippen LogP contribution >= 0.6 is 0 Å². The molecule has 0 aromatic carbocycles. The van der Waals surface area contributed by atoms with Gasteiger partial charge in [-0.25, -0.2) is 0 Å². The maximum Gasteiger partial charge on any atom is 0.305 e. The van der Waals surface area contributed by atoms with Crippen LogP contribution in [0.5, 0.6) is 0 Å². The number of aliphatic carboxylic acids is 1. The Hall–Kier alpha value is -1.36. The number of hydrogen-bond donors (Lipinski definition) is 2. The smallest absolute Gasteiger partial charge is 0.305 e. The number of primary amides is 1. The average Bonchev–Trinajstić information content (AvgIpc) is 1.97. The van der Waals surface area contributed by atoms with Gasteiger partial charge < -0.3 is 15.6 Å². The Balaban J connectivity index is 3.38. The van der Waals surface area contributed by atoms with Gasteiger partial charge in [-0.2, -0.15) is 0 Å². The minimum absolute atomic E-state index is 0.0113. The Morgan fingerprint density at radius 3 is 2.50 bits per heavy atom. The second-order valence-corrected chi connectivity index (χ2v) is 2.16. The monoisotopic (exact) mass is 173 g/mol. The van der Waals surface area contributed by atoms with E-state index in [2.05, 4.69) is 6.58 Å². The second-order valence-electron chi connectivity index (χ2n) is 2.16. The van der Waals surface area contributed by atoms with Crippen molar-refractivity contribution in [2.45, 2.75) is 6.42 Å². The molecule has 0 heterocycles. The third-order valence-electron chi connectivity index (χ3n) is 1.09. The van der Waals surface area contributed by atoms with Gasteiger partial charge in [0.2, 0.25) is 5.91 Å². The van der Waals surface area contributed by atoms with E-state index in [0.29, 0.717) is 0 Å². The van der Waals surface area contributed by atoms with E-state index in [1.165, 1.54) is 0 Å². The number of carboxylic acid groups (broad SMARTS) is 1. The van der Waals surface area contributed by atoms with Gasteiger partial charge in [-0.05, 0) is 0 Å². The zero-order valence-corrected chi connectivity index (χ0v) is 6.58. The zero-order valence-electron chi connectivity index (χ0n) is 6.58. The number of rotatable bonds is 6. The average molecular weight is 173 g/mol. The fraction of sp³-hybridized carbons (Fsp3) is 0.429. The quantitative estimate of drug-likeness (QED) is 0.419. The highest BCUT2D eigenvalue weighted by molar-refractivity contribution is 5.91. The fourth-order valence-electron chi connectivity index (χ4n) is 0.426. The molecule has 0 unspecified atom stereocenters. The van der Waals surface area contributed by atoms with Gasteiger partial charge in [0.15, 0.2) is 0 Å². The molecule has 12 heavy (non-hydrogen) atoms. The first-order valence-corrected chi connectivity index (χ1v) is 3.31. The molecule has 0 fully saturated rings. The van der Waals surface area contributed by atoms with Crippen molar-refractivity contribution in [1.29, 1.82) is 0 Å². The molecular weight excluding hydrogens is 162 g/mol. The summed E-state index contributed by atoms with van der Waals surface area (Å²) >= 11 is 0. The predicted octanol–water partition coefficient (Wildman–Crippen LogP) is -0.481. The van der Waals surface area contributed by atoms with E-state index < -0.39 is 11.9 Å². The van der Waals surface area contributed by atoms with Crippen molar-refractivity contribution in [3.05, 3.63) is 12.2 Å². The van der Waals surface area contributed by atoms with Gasteiger partial charge in [-0.3, -0.25) is 9.59 Å². The molecule has 5 heteroatoms. The van der Waals surface area contributed by atoms with E-state index in [9.17, 15) is 9.59 Å². The molecule has 0 saturated carbocycles. The number of carbonyl (C=O) groups is 2. The summed E-state index contributed by atoms with van der Waals surface area (Å²) < 4.78 is 4.79. The molecule has 0 rings (SSSR count). The van der Waals surface area contributed by atoms with Gasteiger partial charge in [0.05, 0.1) is 19.6 Å². The summed E-state index contributed by atoms with van der Waals surface area (Å²) in [6, 6.07) is 0. The Kier molecular flexibility index (Phi) is 4.71. The zero-order chi connectivity index (χ0) is 9.56. The number of ether oxygens (including phenoxy) is 1. The maximum atomic E-state index is 10.4. The molecule has 0 bridgehead atoms. The van der Waals surface area contributed by atoms with Gasteiger partial charge >= 0.3 is 5.97 Å². The van der Waals surface area contributed by atoms with Crippen LogP contribution in [0.1, 0.15) is 6.42 Å². The minimum atomic E-state index is -0.945. The largest absolute Gasteiger partial charge is 0.481 e. The summed E-state index contributed by atoms with van der Waals surface area (Å²) in [5.74, 6) is -1.58. The summed E-state index contributed by atoms with van der Waals surface area (Å²) in [5.41, 5.74) is 4.98. The third kappa shape index (κ3) is 5.43. The Bertz CT molecular complexity index is 200. The fourth-order valence-corrected chi connectivity index (χ4v) is 0.426. The van der Waals surface area contributed by atoms with Crippen LogP contribution in [0.2, 0.25) is 0 Å². The van der Waals surface area contributed by atoms with Gasteiger partial charge in [0.25, 0.3) is 0 Å². The molecule has 0 aliphatic carbocycles. The van der Waals surface area contributed by atoms with Crippen LogP contribution in [0.3, 0.4) is 0 Å². The second kappa shape index (κ2) is 5.31. The van der Waals surface area contributed by atoms with Crippen LogP contribution in [-0.4, -0.2) is 30.2 Å². The van der Waals surface area contributed by atoms with Crippen molar-refractivity contribution < 1.29 is 19.4 Å². The van der Waals surface area contributed by atoms with Gasteiger partial charge in [0, 0.05) is 5.57 Å². The normalized spacial score (nSPS) is 9.33. The molecule has 0 aliphatic rings. The Morgan fingerprint density at radius 1 is 1.50 bits per heavy atom. The minimum Gasteiger partial charge on any atom is -0.481 e. The Morgan fingerprint density at radius 2 is 2.08 bits per heavy atom. The lowest BCUT2D eigenvalue weighted by atomic mass is 10.3. The molecule has 0 aromatic rings. The van der Waals surface area contributed by atoms with Crippen molar-refractivity contribution in [2.75, 3.05) is 13.2 Å². The summed E-state index contributed by atoms with van der Waals surface area (Å²) in [5, 5.41) is 8.19. The highest BCUT2D eigenvalue weighted by Gasteiger charge is 2.01. The maximum absolute atomic E-state index is 10.4. The molecule has 0 saturated heterocycles. The highest BCUT2D eigenvalue weighted by Crippen LogP contribution is 1.91. The molecule has 1 amide bonds. The van der Waals surface area contributed by atoms with Crippen LogP contribution in [0.15, 0.2) is 12.2 Å². The number of carbonyl (C=O) groups excluding carboxylic acids is 1. The van der Waals surface area contributed by atoms with E-state index in [4.69, 9.17) is 15.6 Å². The predicted molar refractivity (Wildman–Crippen MR) is 41.4 cm³/mol. The lowest BCUT2D eigenvalue weighted by molar-refractivity contribution is -0.138. The molecule has 68 valence electrons. The molecule has 0 radical (unpaired) electrons. The van der Waals surface area contributed by atoms with Gasteiger partial charge in [-0.1, -0.05) is 6.58 Å². The Labute approximate surface area is 69.8 Å². The number of amides is 1. The molecule has 5 nitrogen and oxygen atoms in total. The first-order valence-electron chi connectivity index (χ1n) is 3.31. The molecule has 0 aromatic heterocycles. The van der Waals surface area contributed by atoms with E-state index in [1.54, 1.807) is 0 Å². The molecule has 3 N–H and O–H groups in total. The number of hydrogen-bond acceptors (Lipinski definition) is 3. The molecule has 0 atom stereocenters. The third-order valence-corrected chi connectivity index (χ3v) is 1.09. The van der Waals surface area contributed by atoms with Crippen molar-refractivity contribution >= 4 is 11.9 Å². The van der Waals surface area contributed by atoms with Crippen molar-refractivity contribution in [3.8, 4) is 0 Å². The van der Waals surface area contributed by atoms with Crippen molar-refractivity contribution in [1.82, 2.24) is 0 Å². The van der Waals surface area contributed by atoms with Crippen LogP contribution in [0.4, 0.5) is 0 Å². The topological polar surface area (TPSA) is 89.6 Å². The van der Waals surface area contributed by atoms with Gasteiger partial charge in [-0.15, -0.1) is 0 Å². The van der Waals surface area contributed by atoms with Crippen LogP contribution in [0.25, 0.3) is 0 Å². The molecule has 0 aliphatic heterocycles. The summed E-state index contributed by atoms with van der Waals surface area (Å²) in [4.78, 5) is 20.3. The van der Waals surface area contributed by atoms with E-state index in [0.717, 1.165) is 0 Å². The first-order chi connectivity index (χ1) is 5.54. The summed E-state index contributed by atoms with van der Waals surface area (Å²) in [6.45, 7) is 3.37. The molecule has 0 spiro atoms. The van der Waals surface area contributed by atoms with Crippen molar-refractivity contribution in [2.24, 2.45) is 5.73 Å². The van der Waals surface area contributed by atoms with E-state index >= 15 is 0 Å². The van der Waals surface area contributed by atoms with E-state index in [-0.39, 0.29) is 25.2 Å². The lowest BCUT2D eigenvalue weighted by Gasteiger charge is -2.01. The standard InChI is InChI=1S/C7H11NO4/c1-5(7(8)11)4-12-3-2-6(9)10/h1-4H2,(H2,8,11)(H,9,10). The van der Waals surface area contributed by atoms with Crippen LogP contribution < -0.4 is 5.73 Å². The van der Waals surface area contributed by atoms with Crippen LogP contribution in [-0.2, 0) is 14.3 Å². The highest BCUT2D eigenvalue weighted by atomic mass is 16.5. The summed E-state index contributed by atoms with van der Waals surface area (Å²) in [6.07, 6.45) is -0.0912. The number of carboxylic acids is 1. The lowest BCUT2D eigenvalue weighted by Crippen LogP contribution is -2.17. The van der Waals surface area contributed by atoms with Crippen LogP contribution in [0, 0.1) is 0 Å². The van der Waals surface area contributed by atoms with Gasteiger partial charge in [0.1, 0.15) is 0 Å². The SMILES string of the molecule is C=C(COCCC(=O)O)C(N)=O. The van der Waals surface area contributed by atoms with Crippen molar-refractivity contribution in [3.63, 3.8) is 0 Å².